The van der Waals surface area contributed by atoms with Gasteiger partial charge in [-0.25, -0.2) is 14.2 Å². The van der Waals surface area contributed by atoms with E-state index in [9.17, 15) is 19.4 Å². The molecule has 18 heavy (non-hydrogen) atoms. The molecule has 0 aliphatic carbocycles. The highest BCUT2D eigenvalue weighted by molar-refractivity contribution is 5.33. The lowest BCUT2D eigenvalue weighted by molar-refractivity contribution is -0.167. The molecular formula is C9H12FN3O5. The monoisotopic (exact) mass is 261 g/mol. The summed E-state index contributed by atoms with van der Waals surface area (Å²) in [5, 5.41) is 30.0. The van der Waals surface area contributed by atoms with Crippen LogP contribution in [0, 0.1) is 0 Å². The lowest BCUT2D eigenvalue weighted by Gasteiger charge is -2.23. The SMILES string of the molecule is O=c1nccc(N[C@H]2O[C@@H](CO)[C@H](O)[C@]2(O)F)[nH]1. The highest BCUT2D eigenvalue weighted by Crippen LogP contribution is 2.32. The molecule has 0 radical (unpaired) electrons. The molecule has 0 saturated carbocycles. The first-order valence-electron chi connectivity index (χ1n) is 5.12. The van der Waals surface area contributed by atoms with Crippen molar-refractivity contribution in [2.45, 2.75) is 24.3 Å². The zero-order valence-corrected chi connectivity index (χ0v) is 9.08. The first kappa shape index (κ1) is 12.9. The van der Waals surface area contributed by atoms with E-state index in [1.165, 1.54) is 12.3 Å². The third-order valence-electron chi connectivity index (χ3n) is 2.59. The Hall–Kier alpha value is -1.55. The predicted octanol–water partition coefficient (Wildman–Crippen LogP) is -2.08. The molecule has 8 nitrogen and oxygen atoms in total. The van der Waals surface area contributed by atoms with Crippen molar-refractivity contribution in [3.8, 4) is 0 Å². The number of aliphatic hydroxyl groups excluding tert-OH is 2. The van der Waals surface area contributed by atoms with Crippen LogP contribution in [0.4, 0.5) is 10.2 Å². The molecule has 1 saturated heterocycles. The number of aliphatic hydroxyl groups is 3. The summed E-state index contributed by atoms with van der Waals surface area (Å²) in [7, 11) is 0. The Kier molecular flexibility index (Phi) is 3.30. The zero-order chi connectivity index (χ0) is 13.3. The number of hydrogen-bond acceptors (Lipinski definition) is 7. The van der Waals surface area contributed by atoms with Gasteiger partial charge in [0.15, 0.2) is 6.23 Å². The topological polar surface area (TPSA) is 128 Å². The van der Waals surface area contributed by atoms with Crippen LogP contribution >= 0.6 is 0 Å². The predicted molar refractivity (Wildman–Crippen MR) is 56.3 cm³/mol. The second-order valence-corrected chi connectivity index (χ2v) is 3.84. The summed E-state index contributed by atoms with van der Waals surface area (Å²) in [6, 6.07) is 1.32. The van der Waals surface area contributed by atoms with Gasteiger partial charge in [-0.2, -0.15) is 0 Å². The third-order valence-corrected chi connectivity index (χ3v) is 2.59. The number of anilines is 1. The minimum Gasteiger partial charge on any atom is -0.394 e. The van der Waals surface area contributed by atoms with E-state index >= 15 is 0 Å². The van der Waals surface area contributed by atoms with Gasteiger partial charge >= 0.3 is 5.69 Å². The standard InChI is InChI=1S/C9H12FN3O5/c10-9(17)6(15)4(3-14)18-7(9)12-5-1-2-11-8(16)13-5/h1-2,4,6-7,14-15,17H,3H2,(H2,11,12,13,16)/t4-,6-,7-,9+/m0/s1. The normalized spacial score (nSPS) is 35.7. The molecule has 1 aromatic heterocycles. The molecule has 4 atom stereocenters. The van der Waals surface area contributed by atoms with Crippen LogP contribution in [0.25, 0.3) is 0 Å². The molecule has 1 aliphatic rings. The number of nitrogens with zero attached hydrogens (tertiary/aromatic N) is 1. The van der Waals surface area contributed by atoms with E-state index in [0.29, 0.717) is 0 Å². The van der Waals surface area contributed by atoms with Crippen molar-refractivity contribution in [1.82, 2.24) is 9.97 Å². The van der Waals surface area contributed by atoms with Gasteiger partial charge in [-0.3, -0.25) is 4.98 Å². The van der Waals surface area contributed by atoms with Crippen molar-refractivity contribution in [3.63, 3.8) is 0 Å². The number of rotatable bonds is 3. The van der Waals surface area contributed by atoms with Crippen molar-refractivity contribution in [3.05, 3.63) is 22.7 Å². The molecule has 2 rings (SSSR count). The number of hydrogen-bond donors (Lipinski definition) is 5. The van der Waals surface area contributed by atoms with Gasteiger partial charge in [0.05, 0.1) is 6.61 Å². The first-order chi connectivity index (χ1) is 8.45. The van der Waals surface area contributed by atoms with Gasteiger partial charge < -0.3 is 25.4 Å². The van der Waals surface area contributed by atoms with Gasteiger partial charge in [0.2, 0.25) is 0 Å². The van der Waals surface area contributed by atoms with Gasteiger partial charge in [-0.05, 0) is 6.07 Å². The molecule has 0 spiro atoms. The van der Waals surface area contributed by atoms with E-state index in [0.717, 1.165) is 0 Å². The van der Waals surface area contributed by atoms with Crippen LogP contribution in [0.2, 0.25) is 0 Å². The minimum atomic E-state index is -3.09. The molecule has 0 amide bonds. The average Bonchev–Trinajstić information content (AvgIpc) is 2.53. The molecule has 5 N–H and O–H groups in total. The van der Waals surface area contributed by atoms with Crippen molar-refractivity contribution < 1.29 is 24.4 Å². The van der Waals surface area contributed by atoms with Crippen molar-refractivity contribution in [2.75, 3.05) is 11.9 Å². The van der Waals surface area contributed by atoms with Gasteiger partial charge in [-0.1, -0.05) is 0 Å². The molecule has 0 bridgehead atoms. The largest absolute Gasteiger partial charge is 0.394 e. The molecule has 0 unspecified atom stereocenters. The summed E-state index contributed by atoms with van der Waals surface area (Å²) in [5.74, 6) is -3.03. The number of nitrogens with one attached hydrogen (secondary N) is 2. The smallest absolute Gasteiger partial charge is 0.346 e. The van der Waals surface area contributed by atoms with Gasteiger partial charge in [-0.15, -0.1) is 0 Å². The molecule has 1 aliphatic heterocycles. The summed E-state index contributed by atoms with van der Waals surface area (Å²) in [5.41, 5.74) is -0.667. The van der Waals surface area contributed by atoms with Crippen LogP contribution in [0.1, 0.15) is 0 Å². The average molecular weight is 261 g/mol. The van der Waals surface area contributed by atoms with Crippen LogP contribution in [0.5, 0.6) is 0 Å². The fraction of sp³-hybridized carbons (Fsp3) is 0.556. The summed E-state index contributed by atoms with van der Waals surface area (Å²) in [4.78, 5) is 16.5. The van der Waals surface area contributed by atoms with Crippen molar-refractivity contribution in [1.29, 1.82) is 0 Å². The molecule has 100 valence electrons. The molecular weight excluding hydrogens is 249 g/mol. The fourth-order valence-corrected chi connectivity index (χ4v) is 1.63. The molecule has 1 fully saturated rings. The number of ether oxygens (including phenoxy) is 1. The van der Waals surface area contributed by atoms with Crippen molar-refractivity contribution in [2.24, 2.45) is 0 Å². The molecule has 9 heteroatoms. The van der Waals surface area contributed by atoms with Gasteiger partial charge in [0, 0.05) is 6.20 Å². The number of H-pyrrole nitrogens is 1. The third kappa shape index (κ3) is 2.20. The summed E-state index contributed by atoms with van der Waals surface area (Å²) in [6.07, 6.45) is -3.60. The van der Waals surface area contributed by atoms with Gasteiger partial charge in [0.25, 0.3) is 5.85 Å². The van der Waals surface area contributed by atoms with Crippen LogP contribution < -0.4 is 11.0 Å². The van der Waals surface area contributed by atoms with Gasteiger partial charge in [0.1, 0.15) is 18.0 Å². The first-order valence-corrected chi connectivity index (χ1v) is 5.12. The highest BCUT2D eigenvalue weighted by atomic mass is 19.2. The second-order valence-electron chi connectivity index (χ2n) is 3.84. The quantitative estimate of drug-likeness (QED) is 0.422. The zero-order valence-electron chi connectivity index (χ0n) is 9.08. The Labute approximate surface area is 100 Å². The lowest BCUT2D eigenvalue weighted by Crippen LogP contribution is -2.47. The number of aromatic amines is 1. The second kappa shape index (κ2) is 4.61. The van der Waals surface area contributed by atoms with E-state index in [2.05, 4.69) is 15.3 Å². The summed E-state index contributed by atoms with van der Waals surface area (Å²) in [6.45, 7) is -0.654. The van der Waals surface area contributed by atoms with E-state index in [1.54, 1.807) is 0 Å². The number of aromatic nitrogens is 2. The van der Waals surface area contributed by atoms with Crippen LogP contribution in [-0.2, 0) is 4.74 Å². The van der Waals surface area contributed by atoms with Crippen molar-refractivity contribution >= 4 is 5.82 Å². The van der Waals surface area contributed by atoms with E-state index in [4.69, 9.17) is 9.84 Å². The maximum Gasteiger partial charge on any atom is 0.346 e. The summed E-state index contributed by atoms with van der Waals surface area (Å²) >= 11 is 0. The van der Waals surface area contributed by atoms with Crippen LogP contribution in [0.3, 0.4) is 0 Å². The lowest BCUT2D eigenvalue weighted by atomic mass is 10.1. The van der Waals surface area contributed by atoms with E-state index < -0.39 is 36.6 Å². The van der Waals surface area contributed by atoms with E-state index in [-0.39, 0.29) is 5.82 Å². The Morgan fingerprint density at radius 1 is 1.67 bits per heavy atom. The highest BCUT2D eigenvalue weighted by Gasteiger charge is 2.56. The Bertz CT molecular complexity index is 479. The van der Waals surface area contributed by atoms with E-state index in [1.807, 2.05) is 0 Å². The maximum atomic E-state index is 13.8. The number of alkyl halides is 1. The van der Waals surface area contributed by atoms with Crippen LogP contribution in [-0.4, -0.2) is 56.2 Å². The Morgan fingerprint density at radius 3 is 2.94 bits per heavy atom. The molecule has 1 aromatic rings. The molecule has 0 aromatic carbocycles. The Balaban J connectivity index is 2.17. The summed E-state index contributed by atoms with van der Waals surface area (Å²) < 4.78 is 18.7. The fourth-order valence-electron chi connectivity index (χ4n) is 1.63. The molecule has 2 heterocycles. The Morgan fingerprint density at radius 2 is 2.39 bits per heavy atom. The number of halogens is 1. The minimum absolute atomic E-state index is 0.0573. The van der Waals surface area contributed by atoms with Crippen LogP contribution in [0.15, 0.2) is 17.1 Å². The maximum absolute atomic E-state index is 13.8.